The number of aromatic nitrogens is 1. The molecule has 1 unspecified atom stereocenters. The lowest BCUT2D eigenvalue weighted by molar-refractivity contribution is 0.301. The SMILES string of the molecule is CN=C(NCc1cccc(OCc2ccccn2)c1)NC(C)CCS(C)(=O)=O.I. The van der Waals surface area contributed by atoms with Crippen molar-refractivity contribution < 1.29 is 13.2 Å². The van der Waals surface area contributed by atoms with Gasteiger partial charge in [-0.1, -0.05) is 18.2 Å². The van der Waals surface area contributed by atoms with Crippen molar-refractivity contribution in [2.24, 2.45) is 4.99 Å². The van der Waals surface area contributed by atoms with E-state index in [4.69, 9.17) is 4.74 Å². The molecule has 0 radical (unpaired) electrons. The number of hydrogen-bond donors (Lipinski definition) is 2. The lowest BCUT2D eigenvalue weighted by Gasteiger charge is -2.18. The van der Waals surface area contributed by atoms with Gasteiger partial charge in [-0.2, -0.15) is 0 Å². The minimum atomic E-state index is -2.97. The van der Waals surface area contributed by atoms with E-state index < -0.39 is 9.84 Å². The zero-order valence-electron chi connectivity index (χ0n) is 17.0. The zero-order valence-corrected chi connectivity index (χ0v) is 20.1. The number of guanidine groups is 1. The van der Waals surface area contributed by atoms with E-state index in [2.05, 4.69) is 20.6 Å². The number of benzene rings is 1. The predicted molar refractivity (Wildman–Crippen MR) is 128 cm³/mol. The number of pyridine rings is 1. The van der Waals surface area contributed by atoms with E-state index in [1.165, 1.54) is 6.26 Å². The molecule has 2 aromatic rings. The number of aliphatic imine (C=N–C) groups is 1. The third-order valence-electron chi connectivity index (χ3n) is 4.00. The first kappa shape index (κ1) is 25.2. The van der Waals surface area contributed by atoms with Crippen LogP contribution in [-0.4, -0.2) is 44.5 Å². The molecule has 7 nitrogen and oxygen atoms in total. The largest absolute Gasteiger partial charge is 0.487 e. The van der Waals surface area contributed by atoms with E-state index in [0.717, 1.165) is 17.0 Å². The second-order valence-electron chi connectivity index (χ2n) is 6.65. The van der Waals surface area contributed by atoms with E-state index in [0.29, 0.717) is 25.5 Å². The number of nitrogens with one attached hydrogen (secondary N) is 2. The van der Waals surface area contributed by atoms with E-state index in [-0.39, 0.29) is 35.8 Å². The fourth-order valence-corrected chi connectivity index (χ4v) is 3.24. The monoisotopic (exact) mass is 532 g/mol. The number of ether oxygens (including phenoxy) is 1. The molecule has 2 rings (SSSR count). The van der Waals surface area contributed by atoms with Gasteiger partial charge in [-0.3, -0.25) is 9.98 Å². The molecule has 0 fully saturated rings. The molecule has 160 valence electrons. The maximum Gasteiger partial charge on any atom is 0.191 e. The van der Waals surface area contributed by atoms with Gasteiger partial charge in [-0.15, -0.1) is 24.0 Å². The fourth-order valence-electron chi connectivity index (χ4n) is 2.46. The summed E-state index contributed by atoms with van der Waals surface area (Å²) >= 11 is 0. The summed E-state index contributed by atoms with van der Waals surface area (Å²) in [5.41, 5.74) is 1.92. The number of rotatable bonds is 9. The van der Waals surface area contributed by atoms with Crippen molar-refractivity contribution in [3.05, 3.63) is 59.9 Å². The van der Waals surface area contributed by atoms with E-state index in [9.17, 15) is 8.42 Å². The van der Waals surface area contributed by atoms with E-state index in [1.807, 2.05) is 49.4 Å². The van der Waals surface area contributed by atoms with Crippen LogP contribution in [0, 0.1) is 0 Å². The first-order valence-electron chi connectivity index (χ1n) is 9.12. The zero-order chi connectivity index (χ0) is 20.4. The van der Waals surface area contributed by atoms with Crippen molar-refractivity contribution in [3.63, 3.8) is 0 Å². The molecule has 0 amide bonds. The third kappa shape index (κ3) is 10.5. The molecular weight excluding hydrogens is 503 g/mol. The van der Waals surface area contributed by atoms with Crippen molar-refractivity contribution in [3.8, 4) is 5.75 Å². The number of nitrogens with zero attached hydrogens (tertiary/aromatic N) is 2. The summed E-state index contributed by atoms with van der Waals surface area (Å²) in [7, 11) is -1.28. The van der Waals surface area contributed by atoms with E-state index >= 15 is 0 Å². The van der Waals surface area contributed by atoms with Gasteiger partial charge < -0.3 is 15.4 Å². The van der Waals surface area contributed by atoms with Crippen molar-refractivity contribution >= 4 is 39.8 Å². The third-order valence-corrected chi connectivity index (χ3v) is 4.98. The van der Waals surface area contributed by atoms with Crippen molar-refractivity contribution in [2.75, 3.05) is 19.1 Å². The van der Waals surface area contributed by atoms with E-state index in [1.54, 1.807) is 13.2 Å². The fraction of sp³-hybridized carbons (Fsp3) is 0.400. The van der Waals surface area contributed by atoms with Gasteiger partial charge in [0.2, 0.25) is 0 Å². The maximum atomic E-state index is 11.3. The Morgan fingerprint density at radius 2 is 2.03 bits per heavy atom. The Bertz CT molecular complexity index is 876. The molecule has 0 spiro atoms. The number of sulfone groups is 1. The summed E-state index contributed by atoms with van der Waals surface area (Å²) in [6.07, 6.45) is 3.51. The normalized spacial score (nSPS) is 12.6. The highest BCUT2D eigenvalue weighted by Crippen LogP contribution is 2.14. The average molecular weight is 532 g/mol. The van der Waals surface area contributed by atoms with Crippen LogP contribution in [0.2, 0.25) is 0 Å². The summed E-state index contributed by atoms with van der Waals surface area (Å²) in [5, 5.41) is 6.44. The van der Waals surface area contributed by atoms with Crippen molar-refractivity contribution in [2.45, 2.75) is 32.5 Å². The Morgan fingerprint density at radius 1 is 1.24 bits per heavy atom. The average Bonchev–Trinajstić information content (AvgIpc) is 2.68. The Balaban J connectivity index is 0.00000420. The quantitative estimate of drug-likeness (QED) is 0.293. The Kier molecular flexibility index (Phi) is 11.0. The molecule has 0 aliphatic carbocycles. The van der Waals surface area contributed by atoms with Crippen LogP contribution in [0.3, 0.4) is 0 Å². The molecule has 0 aliphatic heterocycles. The lowest BCUT2D eigenvalue weighted by Crippen LogP contribution is -2.42. The topological polar surface area (TPSA) is 92.7 Å². The van der Waals surface area contributed by atoms with Crippen LogP contribution >= 0.6 is 24.0 Å². The molecule has 1 atom stereocenters. The second kappa shape index (κ2) is 12.6. The molecule has 29 heavy (non-hydrogen) atoms. The summed E-state index contributed by atoms with van der Waals surface area (Å²) in [6, 6.07) is 13.5. The molecule has 0 saturated carbocycles. The van der Waals surface area contributed by atoms with Gasteiger partial charge in [-0.05, 0) is 43.2 Å². The smallest absolute Gasteiger partial charge is 0.191 e. The summed E-state index contributed by atoms with van der Waals surface area (Å²) in [5.74, 6) is 1.55. The van der Waals surface area contributed by atoms with Crippen LogP contribution in [0.4, 0.5) is 0 Å². The molecule has 0 saturated heterocycles. The molecule has 1 aromatic heterocycles. The first-order chi connectivity index (χ1) is 13.4. The van der Waals surface area contributed by atoms with Gasteiger partial charge in [0.25, 0.3) is 0 Å². The van der Waals surface area contributed by atoms with Crippen LogP contribution in [0.15, 0.2) is 53.7 Å². The standard InChI is InChI=1S/C20H28N4O3S.HI/c1-16(10-12-28(3,25)26)24-20(21-2)23-14-17-7-6-9-19(13-17)27-15-18-8-4-5-11-22-18;/h4-9,11,13,16H,10,12,14-15H2,1-3H3,(H2,21,23,24);1H. The predicted octanol–water partition coefficient (Wildman–Crippen LogP) is 2.77. The summed E-state index contributed by atoms with van der Waals surface area (Å²) < 4.78 is 28.4. The molecule has 0 bridgehead atoms. The molecule has 0 aliphatic rings. The number of hydrogen-bond acceptors (Lipinski definition) is 5. The van der Waals surface area contributed by atoms with Crippen molar-refractivity contribution in [1.82, 2.24) is 15.6 Å². The molecule has 2 N–H and O–H groups in total. The molecule has 1 heterocycles. The van der Waals surface area contributed by atoms with Gasteiger partial charge in [-0.25, -0.2) is 8.42 Å². The van der Waals surface area contributed by atoms with Gasteiger partial charge >= 0.3 is 0 Å². The van der Waals surface area contributed by atoms with Crippen LogP contribution in [0.25, 0.3) is 0 Å². The highest BCUT2D eigenvalue weighted by molar-refractivity contribution is 14.0. The van der Waals surface area contributed by atoms with Crippen LogP contribution in [-0.2, 0) is 23.0 Å². The van der Waals surface area contributed by atoms with Crippen LogP contribution in [0.5, 0.6) is 5.75 Å². The molecule has 9 heteroatoms. The van der Waals surface area contributed by atoms with Gasteiger partial charge in [0.15, 0.2) is 5.96 Å². The second-order valence-corrected chi connectivity index (χ2v) is 8.91. The number of halogens is 1. The summed E-state index contributed by atoms with van der Waals surface area (Å²) in [4.78, 5) is 8.44. The lowest BCUT2D eigenvalue weighted by atomic mass is 10.2. The molecular formula is C20H29IN4O3S. The summed E-state index contributed by atoms with van der Waals surface area (Å²) in [6.45, 7) is 2.92. The molecule has 1 aromatic carbocycles. The first-order valence-corrected chi connectivity index (χ1v) is 11.2. The highest BCUT2D eigenvalue weighted by Gasteiger charge is 2.09. The van der Waals surface area contributed by atoms with Gasteiger partial charge in [0.05, 0.1) is 11.4 Å². The van der Waals surface area contributed by atoms with Crippen LogP contribution < -0.4 is 15.4 Å². The van der Waals surface area contributed by atoms with Crippen LogP contribution in [0.1, 0.15) is 24.6 Å². The minimum Gasteiger partial charge on any atom is -0.487 e. The Labute approximate surface area is 190 Å². The highest BCUT2D eigenvalue weighted by atomic mass is 127. The van der Waals surface area contributed by atoms with Gasteiger partial charge in [0, 0.05) is 32.1 Å². The Morgan fingerprint density at radius 3 is 2.69 bits per heavy atom. The minimum absolute atomic E-state index is 0. The van der Waals surface area contributed by atoms with Gasteiger partial charge in [0.1, 0.15) is 22.2 Å². The van der Waals surface area contributed by atoms with Crippen molar-refractivity contribution in [1.29, 1.82) is 0 Å². The maximum absolute atomic E-state index is 11.3. The Hall–Kier alpha value is -1.88.